The van der Waals surface area contributed by atoms with Gasteiger partial charge in [-0.2, -0.15) is 0 Å². The smallest absolute Gasteiger partial charge is 0.259 e. The van der Waals surface area contributed by atoms with Crippen LogP contribution < -0.4 is 10.2 Å². The van der Waals surface area contributed by atoms with E-state index in [1.165, 1.54) is 23.9 Å². The molecule has 4 nitrogen and oxygen atoms in total. The van der Waals surface area contributed by atoms with Gasteiger partial charge in [0.15, 0.2) is 0 Å². The SMILES string of the molecule is CC(C)CCNC(=O)c1ccc2c(c1)N(Cc1ccc(F)cc1Cl)C(=O)c1ccccc1S2. The molecule has 1 aliphatic heterocycles. The second-order valence-electron chi connectivity index (χ2n) is 8.35. The van der Waals surface area contributed by atoms with Gasteiger partial charge in [-0.15, -0.1) is 0 Å². The van der Waals surface area contributed by atoms with Gasteiger partial charge in [0.2, 0.25) is 0 Å². The van der Waals surface area contributed by atoms with Gasteiger partial charge in [-0.3, -0.25) is 9.59 Å². The zero-order valence-corrected chi connectivity index (χ0v) is 20.0. The zero-order valence-electron chi connectivity index (χ0n) is 18.4. The lowest BCUT2D eigenvalue weighted by atomic mass is 10.1. The maximum absolute atomic E-state index is 13.6. The Balaban J connectivity index is 1.74. The molecule has 0 saturated heterocycles. The largest absolute Gasteiger partial charge is 0.352 e. The van der Waals surface area contributed by atoms with Crippen LogP contribution in [0.5, 0.6) is 0 Å². The van der Waals surface area contributed by atoms with Gasteiger partial charge in [-0.1, -0.05) is 55.4 Å². The maximum atomic E-state index is 13.6. The van der Waals surface area contributed by atoms with Crippen LogP contribution in [0, 0.1) is 11.7 Å². The lowest BCUT2D eigenvalue weighted by Gasteiger charge is -2.24. The molecule has 1 heterocycles. The average Bonchev–Trinajstić information content (AvgIpc) is 2.89. The summed E-state index contributed by atoms with van der Waals surface area (Å²) in [7, 11) is 0. The first-order valence-corrected chi connectivity index (χ1v) is 12.0. The van der Waals surface area contributed by atoms with Gasteiger partial charge in [-0.05, 0) is 60.4 Å². The van der Waals surface area contributed by atoms with Gasteiger partial charge in [0.1, 0.15) is 5.82 Å². The fourth-order valence-electron chi connectivity index (χ4n) is 3.62. The summed E-state index contributed by atoms with van der Waals surface area (Å²) >= 11 is 7.76. The fourth-order valence-corrected chi connectivity index (χ4v) is 4.90. The van der Waals surface area contributed by atoms with E-state index in [4.69, 9.17) is 11.6 Å². The molecule has 0 aliphatic carbocycles. The second kappa shape index (κ2) is 9.98. The zero-order chi connectivity index (χ0) is 23.5. The minimum atomic E-state index is -0.437. The van der Waals surface area contributed by atoms with E-state index in [0.717, 1.165) is 16.2 Å². The quantitative estimate of drug-likeness (QED) is 0.432. The van der Waals surface area contributed by atoms with Crippen LogP contribution in [0.15, 0.2) is 70.5 Å². The Morgan fingerprint density at radius 1 is 1.09 bits per heavy atom. The molecule has 0 atom stereocenters. The van der Waals surface area contributed by atoms with Crippen molar-refractivity contribution in [1.82, 2.24) is 5.32 Å². The van der Waals surface area contributed by atoms with Crippen molar-refractivity contribution in [2.24, 2.45) is 5.92 Å². The number of benzene rings is 3. The molecule has 2 amide bonds. The summed E-state index contributed by atoms with van der Waals surface area (Å²) < 4.78 is 13.6. The molecular weight excluding hydrogens is 459 g/mol. The van der Waals surface area contributed by atoms with Gasteiger partial charge < -0.3 is 10.2 Å². The number of hydrogen-bond acceptors (Lipinski definition) is 3. The third kappa shape index (κ3) is 5.23. The van der Waals surface area contributed by atoms with Crippen molar-refractivity contribution < 1.29 is 14.0 Å². The Kier molecular flexibility index (Phi) is 7.05. The van der Waals surface area contributed by atoms with Gasteiger partial charge in [0, 0.05) is 26.9 Å². The molecule has 0 unspecified atom stereocenters. The number of nitrogens with zero attached hydrogens (tertiary/aromatic N) is 1. The molecule has 0 saturated carbocycles. The Hall–Kier alpha value is -2.83. The van der Waals surface area contributed by atoms with E-state index in [1.54, 1.807) is 29.2 Å². The highest BCUT2D eigenvalue weighted by molar-refractivity contribution is 7.99. The van der Waals surface area contributed by atoms with E-state index in [9.17, 15) is 14.0 Å². The van der Waals surface area contributed by atoms with Crippen molar-refractivity contribution in [2.45, 2.75) is 36.6 Å². The number of fused-ring (bicyclic) bond motifs is 2. The highest BCUT2D eigenvalue weighted by Gasteiger charge is 2.28. The summed E-state index contributed by atoms with van der Waals surface area (Å²) in [5.41, 5.74) is 2.29. The van der Waals surface area contributed by atoms with Crippen LogP contribution in [-0.4, -0.2) is 18.4 Å². The van der Waals surface area contributed by atoms with Crippen LogP contribution in [0.25, 0.3) is 0 Å². The first-order chi connectivity index (χ1) is 15.8. The van der Waals surface area contributed by atoms with Crippen molar-refractivity contribution >= 4 is 40.9 Å². The Morgan fingerprint density at radius 3 is 2.64 bits per heavy atom. The number of nitrogens with one attached hydrogen (secondary N) is 1. The first kappa shape index (κ1) is 23.3. The molecule has 3 aromatic rings. The van der Waals surface area contributed by atoms with Gasteiger partial charge in [0.05, 0.1) is 17.8 Å². The summed E-state index contributed by atoms with van der Waals surface area (Å²) in [5, 5.41) is 3.20. The molecule has 3 aromatic carbocycles. The predicted molar refractivity (Wildman–Crippen MR) is 131 cm³/mol. The van der Waals surface area contributed by atoms with Crippen molar-refractivity contribution in [1.29, 1.82) is 0 Å². The van der Waals surface area contributed by atoms with Crippen molar-refractivity contribution in [3.63, 3.8) is 0 Å². The van der Waals surface area contributed by atoms with Crippen molar-refractivity contribution in [2.75, 3.05) is 11.4 Å². The third-order valence-corrected chi connectivity index (χ3v) is 6.94. The van der Waals surface area contributed by atoms with Crippen LogP contribution in [0.1, 0.15) is 46.5 Å². The number of carbonyl (C=O) groups excluding carboxylic acids is 2. The molecule has 0 spiro atoms. The molecule has 170 valence electrons. The number of carbonyl (C=O) groups is 2. The number of halogens is 2. The normalized spacial score (nSPS) is 12.9. The standard InChI is InChI=1S/C26H24ClFN2O2S/c1-16(2)11-12-29-25(31)17-8-10-24-22(13-17)30(15-18-7-9-19(28)14-21(18)27)26(32)20-5-3-4-6-23(20)33-24/h3-10,13-14,16H,11-12,15H2,1-2H3,(H,29,31). The number of rotatable bonds is 6. The lowest BCUT2D eigenvalue weighted by molar-refractivity contribution is 0.0948. The van der Waals surface area contributed by atoms with E-state index in [0.29, 0.717) is 34.8 Å². The summed E-state index contributed by atoms with van der Waals surface area (Å²) in [6.07, 6.45) is 0.884. The Bertz CT molecular complexity index is 1210. The van der Waals surface area contributed by atoms with Crippen LogP contribution in [-0.2, 0) is 6.54 Å². The molecule has 0 bridgehead atoms. The van der Waals surface area contributed by atoms with Gasteiger partial charge in [0.25, 0.3) is 11.8 Å². The first-order valence-electron chi connectivity index (χ1n) is 10.8. The van der Waals surface area contributed by atoms with Crippen molar-refractivity contribution in [3.8, 4) is 0 Å². The molecule has 1 N–H and O–H groups in total. The van der Waals surface area contributed by atoms with Crippen LogP contribution in [0.2, 0.25) is 5.02 Å². The summed E-state index contributed by atoms with van der Waals surface area (Å²) in [6, 6.07) is 16.9. The molecular formula is C26H24ClFN2O2S. The Morgan fingerprint density at radius 2 is 1.88 bits per heavy atom. The number of hydrogen-bond donors (Lipinski definition) is 1. The van der Waals surface area contributed by atoms with E-state index < -0.39 is 5.82 Å². The Labute approximate surface area is 202 Å². The second-order valence-corrected chi connectivity index (χ2v) is 9.84. The van der Waals surface area contributed by atoms with Gasteiger partial charge >= 0.3 is 0 Å². The van der Waals surface area contributed by atoms with E-state index >= 15 is 0 Å². The van der Waals surface area contributed by atoms with Crippen LogP contribution in [0.4, 0.5) is 10.1 Å². The minimum Gasteiger partial charge on any atom is -0.352 e. The highest BCUT2D eigenvalue weighted by atomic mass is 35.5. The average molecular weight is 483 g/mol. The minimum absolute atomic E-state index is 0.151. The van der Waals surface area contributed by atoms with Crippen LogP contribution >= 0.6 is 23.4 Å². The monoisotopic (exact) mass is 482 g/mol. The summed E-state index contributed by atoms with van der Waals surface area (Å²) in [4.78, 5) is 29.7. The molecule has 1 aliphatic rings. The summed E-state index contributed by atoms with van der Waals surface area (Å²) in [5.74, 6) is -0.333. The van der Waals surface area contributed by atoms with Gasteiger partial charge in [-0.25, -0.2) is 4.39 Å². The number of anilines is 1. The fraction of sp³-hybridized carbons (Fsp3) is 0.231. The van der Waals surface area contributed by atoms with E-state index in [-0.39, 0.29) is 23.4 Å². The highest BCUT2D eigenvalue weighted by Crippen LogP contribution is 2.42. The number of amides is 2. The molecule has 4 rings (SSSR count). The third-order valence-electron chi connectivity index (χ3n) is 5.45. The summed E-state index contributed by atoms with van der Waals surface area (Å²) in [6.45, 7) is 4.95. The lowest BCUT2D eigenvalue weighted by Crippen LogP contribution is -2.31. The predicted octanol–water partition coefficient (Wildman–Crippen LogP) is 6.57. The molecule has 0 fully saturated rings. The van der Waals surface area contributed by atoms with E-state index in [1.807, 2.05) is 24.3 Å². The molecule has 33 heavy (non-hydrogen) atoms. The van der Waals surface area contributed by atoms with Crippen molar-refractivity contribution in [3.05, 3.63) is 88.2 Å². The van der Waals surface area contributed by atoms with E-state index in [2.05, 4.69) is 19.2 Å². The molecule has 0 aromatic heterocycles. The van der Waals surface area contributed by atoms with Crippen LogP contribution in [0.3, 0.4) is 0 Å². The molecule has 7 heteroatoms. The molecule has 0 radical (unpaired) electrons. The topological polar surface area (TPSA) is 49.4 Å². The maximum Gasteiger partial charge on any atom is 0.259 e.